The van der Waals surface area contributed by atoms with Crippen molar-refractivity contribution in [2.75, 3.05) is 5.32 Å². The lowest BCUT2D eigenvalue weighted by Gasteiger charge is -2.09. The van der Waals surface area contributed by atoms with E-state index in [9.17, 15) is 10.1 Å². The lowest BCUT2D eigenvalue weighted by Crippen LogP contribution is -2.03. The van der Waals surface area contributed by atoms with Crippen LogP contribution < -0.4 is 5.32 Å². The van der Waals surface area contributed by atoms with E-state index in [4.69, 9.17) is 0 Å². The minimum atomic E-state index is -0.428. The first-order valence-corrected chi connectivity index (χ1v) is 6.15. The van der Waals surface area contributed by atoms with E-state index in [-0.39, 0.29) is 5.69 Å². The highest BCUT2D eigenvalue weighted by Gasteiger charge is 2.11. The molecule has 3 rings (SSSR count). The molecule has 0 aliphatic carbocycles. The topological polar surface area (TPSA) is 123 Å². The Kier molecular flexibility index (Phi) is 3.14. The Hall–Kier alpha value is -3.10. The van der Waals surface area contributed by atoms with Gasteiger partial charge in [0.15, 0.2) is 5.82 Å². The summed E-state index contributed by atoms with van der Waals surface area (Å²) in [6.45, 7) is 2.22. The predicted molar refractivity (Wildman–Crippen MR) is 74.6 cm³/mol. The van der Waals surface area contributed by atoms with Crippen molar-refractivity contribution in [1.29, 1.82) is 0 Å². The molecule has 0 atom stereocenters. The molecule has 1 aromatic carbocycles. The largest absolute Gasteiger partial charge is 0.377 e. The quantitative estimate of drug-likeness (QED) is 0.551. The molecular formula is C12H11N7O2. The molecule has 0 saturated heterocycles. The fraction of sp³-hybridized carbons (Fsp3) is 0.167. The van der Waals surface area contributed by atoms with Crippen LogP contribution in [0.2, 0.25) is 0 Å². The fourth-order valence-electron chi connectivity index (χ4n) is 2.04. The van der Waals surface area contributed by atoms with Gasteiger partial charge < -0.3 is 5.32 Å². The summed E-state index contributed by atoms with van der Waals surface area (Å²) in [6.07, 6.45) is 0. The second kappa shape index (κ2) is 5.12. The Morgan fingerprint density at radius 3 is 2.95 bits per heavy atom. The number of hydrogen-bond donors (Lipinski definition) is 2. The molecule has 0 fully saturated rings. The van der Waals surface area contributed by atoms with Gasteiger partial charge in [-0.3, -0.25) is 15.1 Å². The molecule has 2 heterocycles. The SMILES string of the molecule is Cc1cc(NCc2nn[nH]n2)c2cc([N+](=O)[O-])ccc2n1. The molecule has 3 aromatic rings. The number of aromatic nitrogens is 5. The molecule has 106 valence electrons. The zero-order valence-electron chi connectivity index (χ0n) is 11.1. The average Bonchev–Trinajstić information content (AvgIpc) is 2.97. The van der Waals surface area contributed by atoms with Crippen LogP contribution >= 0.6 is 0 Å². The van der Waals surface area contributed by atoms with Gasteiger partial charge >= 0.3 is 0 Å². The first-order chi connectivity index (χ1) is 10.1. The number of aromatic amines is 1. The van der Waals surface area contributed by atoms with Gasteiger partial charge in [0.25, 0.3) is 5.69 Å². The summed E-state index contributed by atoms with van der Waals surface area (Å²) in [6, 6.07) is 6.41. The highest BCUT2D eigenvalue weighted by Crippen LogP contribution is 2.27. The van der Waals surface area contributed by atoms with Gasteiger partial charge in [0.2, 0.25) is 0 Å². The number of rotatable bonds is 4. The van der Waals surface area contributed by atoms with Crippen LogP contribution in [0.4, 0.5) is 11.4 Å². The van der Waals surface area contributed by atoms with E-state index in [1.165, 1.54) is 12.1 Å². The van der Waals surface area contributed by atoms with Crippen molar-refractivity contribution >= 4 is 22.3 Å². The minimum Gasteiger partial charge on any atom is -0.377 e. The summed E-state index contributed by atoms with van der Waals surface area (Å²) in [5.41, 5.74) is 2.27. The molecule has 9 nitrogen and oxygen atoms in total. The van der Waals surface area contributed by atoms with Gasteiger partial charge in [-0.25, -0.2) is 0 Å². The van der Waals surface area contributed by atoms with Crippen molar-refractivity contribution in [3.05, 3.63) is 45.9 Å². The third-order valence-electron chi connectivity index (χ3n) is 2.96. The summed E-state index contributed by atoms with van der Waals surface area (Å²) in [5.74, 6) is 0.503. The predicted octanol–water partition coefficient (Wildman–Crippen LogP) is 1.58. The summed E-state index contributed by atoms with van der Waals surface area (Å²) in [5, 5.41) is 28.3. The van der Waals surface area contributed by atoms with Gasteiger partial charge in [-0.15, -0.1) is 10.2 Å². The highest BCUT2D eigenvalue weighted by molar-refractivity contribution is 5.93. The van der Waals surface area contributed by atoms with Crippen molar-refractivity contribution in [1.82, 2.24) is 25.6 Å². The zero-order valence-corrected chi connectivity index (χ0v) is 11.1. The molecule has 2 N–H and O–H groups in total. The number of benzene rings is 1. The molecule has 0 aliphatic rings. The monoisotopic (exact) mass is 285 g/mol. The number of H-pyrrole nitrogens is 1. The van der Waals surface area contributed by atoms with Gasteiger partial charge in [-0.05, 0) is 19.1 Å². The Morgan fingerprint density at radius 2 is 2.24 bits per heavy atom. The number of nitrogens with one attached hydrogen (secondary N) is 2. The normalized spacial score (nSPS) is 10.7. The Morgan fingerprint density at radius 1 is 1.38 bits per heavy atom. The van der Waals surface area contributed by atoms with Gasteiger partial charge in [-0.1, -0.05) is 5.21 Å². The number of hydrogen-bond acceptors (Lipinski definition) is 7. The maximum atomic E-state index is 10.9. The highest BCUT2D eigenvalue weighted by atomic mass is 16.6. The lowest BCUT2D eigenvalue weighted by molar-refractivity contribution is -0.384. The maximum Gasteiger partial charge on any atom is 0.270 e. The van der Waals surface area contributed by atoms with Gasteiger partial charge in [0, 0.05) is 28.9 Å². The van der Waals surface area contributed by atoms with E-state index in [1.54, 1.807) is 6.07 Å². The third kappa shape index (κ3) is 2.61. The summed E-state index contributed by atoms with van der Waals surface area (Å²) < 4.78 is 0. The van der Waals surface area contributed by atoms with Gasteiger partial charge in [0.1, 0.15) is 0 Å². The average molecular weight is 285 g/mol. The molecule has 21 heavy (non-hydrogen) atoms. The Bertz CT molecular complexity index is 801. The number of tetrazole rings is 1. The molecule has 0 unspecified atom stereocenters. The van der Waals surface area contributed by atoms with Crippen LogP contribution in [0.3, 0.4) is 0 Å². The van der Waals surface area contributed by atoms with Crippen LogP contribution in [-0.4, -0.2) is 30.5 Å². The molecule has 0 spiro atoms. The molecule has 9 heteroatoms. The van der Waals surface area contributed by atoms with Crippen LogP contribution in [0.15, 0.2) is 24.3 Å². The van der Waals surface area contributed by atoms with Crippen LogP contribution in [0.1, 0.15) is 11.5 Å². The fourth-order valence-corrected chi connectivity index (χ4v) is 2.04. The van der Waals surface area contributed by atoms with Crippen LogP contribution in [-0.2, 0) is 6.54 Å². The minimum absolute atomic E-state index is 0.0239. The van der Waals surface area contributed by atoms with Crippen molar-refractivity contribution in [3.63, 3.8) is 0 Å². The first-order valence-electron chi connectivity index (χ1n) is 6.15. The van der Waals surface area contributed by atoms with E-state index < -0.39 is 4.92 Å². The summed E-state index contributed by atoms with van der Waals surface area (Å²) in [4.78, 5) is 14.8. The maximum absolute atomic E-state index is 10.9. The summed E-state index contributed by atoms with van der Waals surface area (Å²) in [7, 11) is 0. The second-order valence-electron chi connectivity index (χ2n) is 4.45. The molecule has 0 aliphatic heterocycles. The zero-order chi connectivity index (χ0) is 14.8. The number of anilines is 1. The first kappa shape index (κ1) is 12.9. The molecule has 0 amide bonds. The van der Waals surface area contributed by atoms with Crippen molar-refractivity contribution < 1.29 is 4.92 Å². The van der Waals surface area contributed by atoms with Crippen LogP contribution in [0.5, 0.6) is 0 Å². The van der Waals surface area contributed by atoms with Gasteiger partial charge in [-0.2, -0.15) is 5.21 Å². The number of pyridine rings is 1. The van der Waals surface area contributed by atoms with Crippen LogP contribution in [0.25, 0.3) is 10.9 Å². The molecule has 0 radical (unpaired) electrons. The van der Waals surface area contributed by atoms with E-state index in [0.29, 0.717) is 23.3 Å². The number of nitrogens with zero attached hydrogens (tertiary/aromatic N) is 5. The van der Waals surface area contributed by atoms with Crippen LogP contribution in [0, 0.1) is 17.0 Å². The molecule has 2 aromatic heterocycles. The van der Waals surface area contributed by atoms with Crippen molar-refractivity contribution in [2.24, 2.45) is 0 Å². The van der Waals surface area contributed by atoms with Crippen molar-refractivity contribution in [2.45, 2.75) is 13.5 Å². The number of nitro groups is 1. The van der Waals surface area contributed by atoms with E-state index in [2.05, 4.69) is 30.9 Å². The van der Waals surface area contributed by atoms with Gasteiger partial charge in [0.05, 0.1) is 17.0 Å². The molecule has 0 bridgehead atoms. The third-order valence-corrected chi connectivity index (χ3v) is 2.96. The van der Waals surface area contributed by atoms with E-state index in [0.717, 1.165) is 11.4 Å². The molecule has 0 saturated carbocycles. The number of aryl methyl sites for hydroxylation is 1. The molecular weight excluding hydrogens is 274 g/mol. The Labute approximate surface area is 118 Å². The van der Waals surface area contributed by atoms with E-state index in [1.807, 2.05) is 13.0 Å². The summed E-state index contributed by atoms with van der Waals surface area (Å²) >= 11 is 0. The number of fused-ring (bicyclic) bond motifs is 1. The number of nitro benzene ring substituents is 1. The Balaban J connectivity index is 2.02. The standard InChI is InChI=1S/C12H11N7O2/c1-7-4-11(13-6-12-15-17-18-16-12)9-5-8(19(20)21)2-3-10(9)14-7/h2-5H,6H2,1H3,(H,13,14)(H,15,16,17,18). The lowest BCUT2D eigenvalue weighted by atomic mass is 10.1. The number of non-ortho nitro benzene ring substituents is 1. The van der Waals surface area contributed by atoms with E-state index >= 15 is 0 Å². The smallest absolute Gasteiger partial charge is 0.270 e. The second-order valence-corrected chi connectivity index (χ2v) is 4.45. The van der Waals surface area contributed by atoms with Crippen molar-refractivity contribution in [3.8, 4) is 0 Å².